The fraction of sp³-hybridized carbons (Fsp3) is 0.300. The fourth-order valence-electron chi connectivity index (χ4n) is 4.13. The predicted molar refractivity (Wildman–Crippen MR) is 150 cm³/mol. The average molecular weight is 533 g/mol. The van der Waals surface area contributed by atoms with Gasteiger partial charge in [0.1, 0.15) is 23.3 Å². The fourth-order valence-corrected chi connectivity index (χ4v) is 5.17. The number of carbonyl (C=O) groups is 2. The lowest BCUT2D eigenvalue weighted by Gasteiger charge is -2.15. The number of hydrogen-bond donors (Lipinski definition) is 1. The molecule has 0 aliphatic rings. The van der Waals surface area contributed by atoms with Crippen molar-refractivity contribution in [3.63, 3.8) is 0 Å². The van der Waals surface area contributed by atoms with Crippen LogP contribution in [0.4, 0.5) is 5.00 Å². The number of hydrogen-bond acceptors (Lipinski definition) is 7. The molecule has 3 aromatic rings. The number of nitrogens with one attached hydrogen (secondary N) is 1. The number of nitriles is 1. The highest BCUT2D eigenvalue weighted by atomic mass is 32.1. The number of nitrogens with zero attached hydrogens (tertiary/aromatic N) is 1. The van der Waals surface area contributed by atoms with Gasteiger partial charge in [0.15, 0.2) is 11.5 Å². The third-order valence-corrected chi connectivity index (χ3v) is 7.29. The molecule has 2 aromatic carbocycles. The van der Waals surface area contributed by atoms with Crippen LogP contribution in [0.25, 0.3) is 6.08 Å². The van der Waals surface area contributed by atoms with E-state index in [4.69, 9.17) is 14.2 Å². The van der Waals surface area contributed by atoms with Crippen molar-refractivity contribution in [3.8, 4) is 17.6 Å². The van der Waals surface area contributed by atoms with Crippen LogP contribution in [0.1, 0.15) is 55.5 Å². The summed E-state index contributed by atoms with van der Waals surface area (Å²) >= 11 is 1.27. The Kier molecular flexibility index (Phi) is 9.32. The van der Waals surface area contributed by atoms with E-state index in [9.17, 15) is 14.9 Å². The Morgan fingerprint density at radius 3 is 2.34 bits per heavy atom. The van der Waals surface area contributed by atoms with Crippen LogP contribution in [0, 0.1) is 45.9 Å². The zero-order valence-electron chi connectivity index (χ0n) is 22.8. The molecule has 7 nitrogen and oxygen atoms in total. The van der Waals surface area contributed by atoms with E-state index in [-0.39, 0.29) is 12.2 Å². The molecule has 0 radical (unpaired) electrons. The first kappa shape index (κ1) is 28.5. The molecule has 0 spiro atoms. The van der Waals surface area contributed by atoms with Gasteiger partial charge in [0.2, 0.25) is 0 Å². The van der Waals surface area contributed by atoms with E-state index < -0.39 is 11.9 Å². The van der Waals surface area contributed by atoms with Crippen molar-refractivity contribution in [3.05, 3.63) is 79.7 Å². The quantitative estimate of drug-likeness (QED) is 0.189. The van der Waals surface area contributed by atoms with Crippen LogP contribution in [0.15, 0.2) is 35.9 Å². The maximum absolute atomic E-state index is 13.0. The maximum atomic E-state index is 13.0. The van der Waals surface area contributed by atoms with Crippen molar-refractivity contribution in [2.75, 3.05) is 19.0 Å². The Morgan fingerprint density at radius 1 is 1.05 bits per heavy atom. The van der Waals surface area contributed by atoms with Crippen molar-refractivity contribution >= 4 is 34.3 Å². The molecule has 0 bridgehead atoms. The van der Waals surface area contributed by atoms with Crippen molar-refractivity contribution in [2.24, 2.45) is 0 Å². The van der Waals surface area contributed by atoms with E-state index in [1.165, 1.54) is 30.1 Å². The highest BCUT2D eigenvalue weighted by molar-refractivity contribution is 7.16. The van der Waals surface area contributed by atoms with E-state index in [1.807, 2.05) is 13.0 Å². The second kappa shape index (κ2) is 12.4. The number of rotatable bonds is 9. The Labute approximate surface area is 227 Å². The number of anilines is 1. The summed E-state index contributed by atoms with van der Waals surface area (Å²) < 4.78 is 16.7. The van der Waals surface area contributed by atoms with Crippen LogP contribution in [0.5, 0.6) is 11.5 Å². The minimum Gasteiger partial charge on any atom is -0.493 e. The van der Waals surface area contributed by atoms with Gasteiger partial charge in [-0.15, -0.1) is 11.3 Å². The van der Waals surface area contributed by atoms with Gasteiger partial charge in [-0.05, 0) is 87.6 Å². The number of aryl methyl sites for hydroxylation is 4. The third kappa shape index (κ3) is 6.42. The molecule has 1 heterocycles. The van der Waals surface area contributed by atoms with Crippen LogP contribution in [0.2, 0.25) is 0 Å². The summed E-state index contributed by atoms with van der Waals surface area (Å²) in [6.45, 7) is 12.2. The van der Waals surface area contributed by atoms with Crippen LogP contribution in [-0.4, -0.2) is 25.6 Å². The number of amides is 1. The van der Waals surface area contributed by atoms with Crippen LogP contribution in [-0.2, 0) is 16.1 Å². The van der Waals surface area contributed by atoms with Crippen molar-refractivity contribution < 1.29 is 23.8 Å². The number of benzene rings is 2. The van der Waals surface area contributed by atoms with Gasteiger partial charge in [0, 0.05) is 4.88 Å². The van der Waals surface area contributed by atoms with Gasteiger partial charge in [0.25, 0.3) is 5.91 Å². The summed E-state index contributed by atoms with van der Waals surface area (Å²) in [5.41, 5.74) is 6.16. The molecule has 8 heteroatoms. The van der Waals surface area contributed by atoms with Gasteiger partial charge < -0.3 is 19.5 Å². The summed E-state index contributed by atoms with van der Waals surface area (Å²) in [5, 5.41) is 12.8. The molecule has 1 aromatic heterocycles. The second-order valence-corrected chi connectivity index (χ2v) is 10.1. The van der Waals surface area contributed by atoms with Gasteiger partial charge in [-0.25, -0.2) is 4.79 Å². The minimum atomic E-state index is -0.621. The Morgan fingerprint density at radius 2 is 1.74 bits per heavy atom. The van der Waals surface area contributed by atoms with Gasteiger partial charge in [0.05, 0.1) is 19.3 Å². The molecule has 0 fully saturated rings. The second-order valence-electron chi connectivity index (χ2n) is 8.91. The van der Waals surface area contributed by atoms with Crippen molar-refractivity contribution in [1.29, 1.82) is 5.26 Å². The summed E-state index contributed by atoms with van der Waals surface area (Å²) in [6, 6.07) is 11.4. The van der Waals surface area contributed by atoms with Crippen LogP contribution >= 0.6 is 11.3 Å². The molecule has 198 valence electrons. The summed E-state index contributed by atoms with van der Waals surface area (Å²) in [6.07, 6.45) is 1.47. The SMILES string of the molecule is CCOC(=O)c1c(NC(=O)C(C#N)=Cc2ccc(OCc3c(C)cc(C)cc3C)c(OC)c2)sc(C)c1C. The molecule has 3 rings (SSSR count). The molecule has 0 aliphatic heterocycles. The normalized spacial score (nSPS) is 11.1. The summed E-state index contributed by atoms with van der Waals surface area (Å²) in [5.74, 6) is -0.101. The Bertz CT molecular complexity index is 1420. The van der Waals surface area contributed by atoms with E-state index in [2.05, 4.69) is 38.2 Å². The largest absolute Gasteiger partial charge is 0.493 e. The molecule has 0 saturated carbocycles. The average Bonchev–Trinajstić information content (AvgIpc) is 3.14. The van der Waals surface area contributed by atoms with Crippen LogP contribution in [0.3, 0.4) is 0 Å². The molecular weight excluding hydrogens is 500 g/mol. The Hall–Kier alpha value is -4.09. The molecule has 1 N–H and O–H groups in total. The molecule has 0 atom stereocenters. The first-order valence-electron chi connectivity index (χ1n) is 12.2. The molecular formula is C30H32N2O5S. The maximum Gasteiger partial charge on any atom is 0.341 e. The minimum absolute atomic E-state index is 0.120. The van der Waals surface area contributed by atoms with E-state index in [0.717, 1.165) is 27.1 Å². The number of carbonyl (C=O) groups excluding carboxylic acids is 2. The van der Waals surface area contributed by atoms with Crippen LogP contribution < -0.4 is 14.8 Å². The molecule has 0 unspecified atom stereocenters. The smallest absolute Gasteiger partial charge is 0.341 e. The van der Waals surface area contributed by atoms with Gasteiger partial charge >= 0.3 is 5.97 Å². The standard InChI is InChI=1S/C30H32N2O5S/c1-8-36-30(34)27-20(5)21(6)38-29(27)32-28(33)23(15-31)13-22-9-10-25(26(14-22)35-7)37-16-24-18(3)11-17(2)12-19(24)4/h9-14H,8,16H2,1-7H3,(H,32,33). The summed E-state index contributed by atoms with van der Waals surface area (Å²) in [4.78, 5) is 26.3. The van der Waals surface area contributed by atoms with Crippen molar-refractivity contribution in [1.82, 2.24) is 0 Å². The topological polar surface area (TPSA) is 97.7 Å². The lowest BCUT2D eigenvalue weighted by Crippen LogP contribution is -2.16. The van der Waals surface area contributed by atoms with Gasteiger partial charge in [-0.2, -0.15) is 5.26 Å². The van der Waals surface area contributed by atoms with E-state index in [1.54, 1.807) is 32.0 Å². The molecule has 0 saturated heterocycles. The molecule has 38 heavy (non-hydrogen) atoms. The number of thiophene rings is 1. The summed E-state index contributed by atoms with van der Waals surface area (Å²) in [7, 11) is 1.54. The van der Waals surface area contributed by atoms with Gasteiger partial charge in [-0.3, -0.25) is 4.79 Å². The number of ether oxygens (including phenoxy) is 3. The van der Waals surface area contributed by atoms with Gasteiger partial charge in [-0.1, -0.05) is 23.8 Å². The highest BCUT2D eigenvalue weighted by Crippen LogP contribution is 2.34. The Balaban J connectivity index is 1.82. The number of esters is 1. The predicted octanol–water partition coefficient (Wildman–Crippen LogP) is 6.60. The molecule has 0 aliphatic carbocycles. The number of methoxy groups -OCH3 is 1. The monoisotopic (exact) mass is 532 g/mol. The van der Waals surface area contributed by atoms with Crippen molar-refractivity contribution in [2.45, 2.75) is 48.1 Å². The first-order valence-corrected chi connectivity index (χ1v) is 13.0. The molecule has 1 amide bonds. The zero-order valence-corrected chi connectivity index (χ0v) is 23.6. The zero-order chi connectivity index (χ0) is 28.0. The first-order chi connectivity index (χ1) is 18.1. The van der Waals surface area contributed by atoms with E-state index in [0.29, 0.717) is 34.2 Å². The highest BCUT2D eigenvalue weighted by Gasteiger charge is 2.23. The van der Waals surface area contributed by atoms with E-state index >= 15 is 0 Å². The lowest BCUT2D eigenvalue weighted by molar-refractivity contribution is -0.112. The lowest BCUT2D eigenvalue weighted by atomic mass is 10.0. The third-order valence-electron chi connectivity index (χ3n) is 6.17.